The molecule has 1 aliphatic heterocycles. The van der Waals surface area contributed by atoms with E-state index in [-0.39, 0.29) is 36.8 Å². The molecule has 2 rings (SSSR count). The van der Waals surface area contributed by atoms with Crippen LogP contribution in [0.25, 0.3) is 0 Å². The average Bonchev–Trinajstić information content (AvgIpc) is 2.56. The molecule has 0 bridgehead atoms. The Hall–Kier alpha value is -2.19. The number of β-amino-alcohol motifs (C(OH)–C–C–N with tert-alkyl or cyclic N) is 1. The standard InChI is InChI=1S/C17H24FN3O4/c1-20(2)17(24)10-21-8-7-14(15(22)9-21)19-16(23)11-25-13-5-3-12(18)4-6-13/h3-6,14-15,22H,7-11H2,1-2H3,(H,19,23)/t14-,15-/m1/s1. The number of nitrogens with zero attached hydrogens (tertiary/aromatic N) is 2. The molecular weight excluding hydrogens is 329 g/mol. The van der Waals surface area contributed by atoms with E-state index in [4.69, 9.17) is 4.74 Å². The van der Waals surface area contributed by atoms with Gasteiger partial charge in [0.15, 0.2) is 6.61 Å². The van der Waals surface area contributed by atoms with E-state index >= 15 is 0 Å². The third-order valence-corrected chi connectivity index (χ3v) is 4.05. The molecule has 0 saturated carbocycles. The second-order valence-electron chi connectivity index (χ2n) is 6.30. The zero-order valence-corrected chi connectivity index (χ0v) is 14.4. The van der Waals surface area contributed by atoms with Crippen molar-refractivity contribution in [2.45, 2.75) is 18.6 Å². The molecule has 0 aromatic heterocycles. The highest BCUT2D eigenvalue weighted by atomic mass is 19.1. The molecule has 1 aromatic rings. The van der Waals surface area contributed by atoms with Crippen LogP contribution < -0.4 is 10.1 Å². The highest BCUT2D eigenvalue weighted by Crippen LogP contribution is 2.13. The Balaban J connectivity index is 1.74. The number of likely N-dealkylation sites (tertiary alicyclic amines) is 1. The molecule has 0 radical (unpaired) electrons. The number of amides is 2. The molecule has 8 heteroatoms. The predicted octanol–water partition coefficient (Wildman–Crippen LogP) is -0.156. The van der Waals surface area contributed by atoms with Crippen molar-refractivity contribution in [3.05, 3.63) is 30.1 Å². The first-order chi connectivity index (χ1) is 11.8. The minimum Gasteiger partial charge on any atom is -0.484 e. The van der Waals surface area contributed by atoms with Gasteiger partial charge in [0.1, 0.15) is 11.6 Å². The van der Waals surface area contributed by atoms with Crippen LogP contribution in [0.3, 0.4) is 0 Å². The maximum absolute atomic E-state index is 12.8. The van der Waals surface area contributed by atoms with Gasteiger partial charge in [-0.1, -0.05) is 0 Å². The lowest BCUT2D eigenvalue weighted by atomic mass is 10.0. The van der Waals surface area contributed by atoms with Gasteiger partial charge in [-0.2, -0.15) is 0 Å². The van der Waals surface area contributed by atoms with Gasteiger partial charge in [-0.05, 0) is 30.7 Å². The van der Waals surface area contributed by atoms with Crippen LogP contribution in [0.5, 0.6) is 5.75 Å². The molecule has 2 amide bonds. The van der Waals surface area contributed by atoms with Crippen LogP contribution >= 0.6 is 0 Å². The fraction of sp³-hybridized carbons (Fsp3) is 0.529. The Morgan fingerprint density at radius 2 is 2.04 bits per heavy atom. The van der Waals surface area contributed by atoms with Gasteiger partial charge in [-0.15, -0.1) is 0 Å². The summed E-state index contributed by atoms with van der Waals surface area (Å²) in [4.78, 5) is 27.0. The lowest BCUT2D eigenvalue weighted by Gasteiger charge is -2.36. The molecule has 25 heavy (non-hydrogen) atoms. The van der Waals surface area contributed by atoms with Crippen LogP contribution in [0.1, 0.15) is 6.42 Å². The van der Waals surface area contributed by atoms with E-state index in [2.05, 4.69) is 5.32 Å². The number of carbonyl (C=O) groups is 2. The van der Waals surface area contributed by atoms with Crippen molar-refractivity contribution >= 4 is 11.8 Å². The Kier molecular flexibility index (Phi) is 6.72. The largest absolute Gasteiger partial charge is 0.484 e. The van der Waals surface area contributed by atoms with Gasteiger partial charge < -0.3 is 20.1 Å². The molecule has 0 unspecified atom stereocenters. The molecule has 1 heterocycles. The topological polar surface area (TPSA) is 82.1 Å². The van der Waals surface area contributed by atoms with Crippen molar-refractivity contribution in [1.82, 2.24) is 15.1 Å². The highest BCUT2D eigenvalue weighted by molar-refractivity contribution is 5.78. The van der Waals surface area contributed by atoms with Crippen LogP contribution in [0, 0.1) is 5.82 Å². The lowest BCUT2D eigenvalue weighted by molar-refractivity contribution is -0.131. The van der Waals surface area contributed by atoms with Crippen LogP contribution in [-0.4, -0.2) is 79.2 Å². The zero-order valence-electron chi connectivity index (χ0n) is 14.4. The van der Waals surface area contributed by atoms with Crippen molar-refractivity contribution < 1.29 is 23.8 Å². The maximum atomic E-state index is 12.8. The molecule has 2 atom stereocenters. The number of nitrogens with one attached hydrogen (secondary N) is 1. The quantitative estimate of drug-likeness (QED) is 0.743. The first-order valence-corrected chi connectivity index (χ1v) is 8.13. The summed E-state index contributed by atoms with van der Waals surface area (Å²) in [6, 6.07) is 5.01. The summed E-state index contributed by atoms with van der Waals surface area (Å²) >= 11 is 0. The zero-order chi connectivity index (χ0) is 18.4. The Morgan fingerprint density at radius 1 is 1.36 bits per heavy atom. The van der Waals surface area contributed by atoms with Crippen LogP contribution in [-0.2, 0) is 9.59 Å². The summed E-state index contributed by atoms with van der Waals surface area (Å²) in [5.74, 6) is -0.359. The molecule has 1 fully saturated rings. The number of ether oxygens (including phenoxy) is 1. The molecule has 7 nitrogen and oxygen atoms in total. The number of halogens is 1. The van der Waals surface area contributed by atoms with Crippen molar-refractivity contribution in [1.29, 1.82) is 0 Å². The van der Waals surface area contributed by atoms with Crippen LogP contribution in [0.4, 0.5) is 4.39 Å². The summed E-state index contributed by atoms with van der Waals surface area (Å²) in [5, 5.41) is 12.9. The number of aliphatic hydroxyl groups is 1. The molecule has 138 valence electrons. The summed E-state index contributed by atoms with van der Waals surface area (Å²) in [7, 11) is 3.37. The number of aliphatic hydroxyl groups excluding tert-OH is 1. The first-order valence-electron chi connectivity index (χ1n) is 8.13. The maximum Gasteiger partial charge on any atom is 0.258 e. The molecule has 1 aromatic carbocycles. The van der Waals surface area contributed by atoms with Crippen molar-refractivity contribution in [2.24, 2.45) is 0 Å². The second-order valence-corrected chi connectivity index (χ2v) is 6.30. The van der Waals surface area contributed by atoms with E-state index in [0.29, 0.717) is 25.3 Å². The van der Waals surface area contributed by atoms with Crippen molar-refractivity contribution in [3.63, 3.8) is 0 Å². The monoisotopic (exact) mass is 353 g/mol. The van der Waals surface area contributed by atoms with E-state index in [0.717, 1.165) is 0 Å². The fourth-order valence-electron chi connectivity index (χ4n) is 2.57. The number of rotatable bonds is 6. The molecule has 1 aliphatic rings. The van der Waals surface area contributed by atoms with Gasteiger partial charge in [-0.25, -0.2) is 4.39 Å². The van der Waals surface area contributed by atoms with Gasteiger partial charge in [0.05, 0.1) is 18.7 Å². The number of hydrogen-bond donors (Lipinski definition) is 2. The minimum atomic E-state index is -0.751. The first kappa shape index (κ1) is 19.1. The van der Waals surface area contributed by atoms with Crippen LogP contribution in [0.2, 0.25) is 0 Å². The van der Waals surface area contributed by atoms with Crippen LogP contribution in [0.15, 0.2) is 24.3 Å². The van der Waals surface area contributed by atoms with Crippen molar-refractivity contribution in [2.75, 3.05) is 40.3 Å². The smallest absolute Gasteiger partial charge is 0.258 e. The van der Waals surface area contributed by atoms with Gasteiger partial charge in [-0.3, -0.25) is 14.5 Å². The molecular formula is C17H24FN3O4. The third kappa shape index (κ3) is 5.99. The van der Waals surface area contributed by atoms with E-state index < -0.39 is 6.10 Å². The van der Waals surface area contributed by atoms with Gasteiger partial charge in [0, 0.05) is 27.2 Å². The Bertz CT molecular complexity index is 594. The highest BCUT2D eigenvalue weighted by Gasteiger charge is 2.29. The summed E-state index contributed by atoms with van der Waals surface area (Å²) in [6.07, 6.45) is -0.206. The number of carbonyl (C=O) groups excluding carboxylic acids is 2. The second kappa shape index (κ2) is 8.77. The fourth-order valence-corrected chi connectivity index (χ4v) is 2.57. The number of likely N-dealkylation sites (N-methyl/N-ethyl adjacent to an activating group) is 1. The summed E-state index contributed by atoms with van der Waals surface area (Å²) < 4.78 is 18.1. The summed E-state index contributed by atoms with van der Waals surface area (Å²) in [5.41, 5.74) is 0. The molecule has 0 spiro atoms. The Morgan fingerprint density at radius 3 is 2.64 bits per heavy atom. The van der Waals surface area contributed by atoms with E-state index in [1.807, 2.05) is 4.90 Å². The van der Waals surface area contributed by atoms with Gasteiger partial charge in [0.2, 0.25) is 5.91 Å². The minimum absolute atomic E-state index is 0.0256. The van der Waals surface area contributed by atoms with Crippen molar-refractivity contribution in [3.8, 4) is 5.75 Å². The van der Waals surface area contributed by atoms with Gasteiger partial charge >= 0.3 is 0 Å². The third-order valence-electron chi connectivity index (χ3n) is 4.05. The van der Waals surface area contributed by atoms with E-state index in [9.17, 15) is 19.1 Å². The number of benzene rings is 1. The van der Waals surface area contributed by atoms with Gasteiger partial charge in [0.25, 0.3) is 5.91 Å². The number of piperidine rings is 1. The normalized spacial score (nSPS) is 20.8. The lowest BCUT2D eigenvalue weighted by Crippen LogP contribution is -2.56. The van der Waals surface area contributed by atoms with E-state index in [1.165, 1.54) is 29.2 Å². The summed E-state index contributed by atoms with van der Waals surface area (Å²) in [6.45, 7) is 0.972. The van der Waals surface area contributed by atoms with E-state index in [1.54, 1.807) is 14.1 Å². The molecule has 1 saturated heterocycles. The molecule has 0 aliphatic carbocycles. The SMILES string of the molecule is CN(C)C(=O)CN1CC[C@@H](NC(=O)COc2ccc(F)cc2)[C@H](O)C1. The number of hydrogen-bond acceptors (Lipinski definition) is 5. The average molecular weight is 353 g/mol. The Labute approximate surface area is 146 Å². The molecule has 2 N–H and O–H groups in total. The predicted molar refractivity (Wildman–Crippen MR) is 89.6 cm³/mol.